The van der Waals surface area contributed by atoms with E-state index in [4.69, 9.17) is 21.1 Å². The number of rotatable bonds is 8. The topological polar surface area (TPSA) is 114 Å². The van der Waals surface area contributed by atoms with Crippen molar-refractivity contribution in [1.29, 1.82) is 0 Å². The highest BCUT2D eigenvalue weighted by Gasteiger charge is 2.37. The molecule has 2 N–H and O–H groups in total. The number of ether oxygens (including phenoxy) is 2. The number of amides is 5. The SMILES string of the molecule is CCOc1cc(/C=C2\C(=O)NC(=O)N(c3cc(Cl)ccc3C)C2=O)ccc1OCC(=O)Nc1ccc(C)cc1C. The molecule has 1 heterocycles. The number of anilines is 2. The lowest BCUT2D eigenvalue weighted by Crippen LogP contribution is -2.54. The Morgan fingerprint density at radius 1 is 0.950 bits per heavy atom. The van der Waals surface area contributed by atoms with E-state index < -0.39 is 17.8 Å². The third-order valence-corrected chi connectivity index (χ3v) is 6.34. The molecule has 10 heteroatoms. The standard InChI is InChI=1S/C30H28ClN3O6/c1-5-39-26-14-20(8-11-25(26)40-16-27(35)32-23-10-6-17(2)12-19(23)4)13-22-28(36)33-30(38)34(29(22)37)24-15-21(31)9-7-18(24)3/h6-15H,5,16H2,1-4H3,(H,32,35)(H,33,36,38)/b22-13+. The second kappa shape index (κ2) is 12.0. The average molecular weight is 562 g/mol. The van der Waals surface area contributed by atoms with E-state index in [0.717, 1.165) is 16.0 Å². The van der Waals surface area contributed by atoms with Crippen LogP contribution in [0.15, 0.2) is 60.2 Å². The van der Waals surface area contributed by atoms with Gasteiger partial charge in [-0.05, 0) is 80.8 Å². The molecule has 0 unspecified atom stereocenters. The Hall–Kier alpha value is -4.63. The first-order valence-electron chi connectivity index (χ1n) is 12.5. The summed E-state index contributed by atoms with van der Waals surface area (Å²) in [4.78, 5) is 51.9. The number of aryl methyl sites for hydroxylation is 3. The second-order valence-electron chi connectivity index (χ2n) is 9.18. The van der Waals surface area contributed by atoms with Gasteiger partial charge in [0.1, 0.15) is 5.57 Å². The highest BCUT2D eigenvalue weighted by Crippen LogP contribution is 2.31. The zero-order chi connectivity index (χ0) is 29.0. The van der Waals surface area contributed by atoms with E-state index in [9.17, 15) is 19.2 Å². The summed E-state index contributed by atoms with van der Waals surface area (Å²) < 4.78 is 11.4. The van der Waals surface area contributed by atoms with Crippen molar-refractivity contribution < 1.29 is 28.7 Å². The monoisotopic (exact) mass is 561 g/mol. The minimum absolute atomic E-state index is 0.247. The van der Waals surface area contributed by atoms with Crippen molar-refractivity contribution in [3.63, 3.8) is 0 Å². The van der Waals surface area contributed by atoms with Crippen LogP contribution >= 0.6 is 11.6 Å². The van der Waals surface area contributed by atoms with E-state index in [1.165, 1.54) is 12.1 Å². The summed E-state index contributed by atoms with van der Waals surface area (Å²) in [6.07, 6.45) is 1.36. The lowest BCUT2D eigenvalue weighted by molar-refractivity contribution is -0.122. The molecule has 4 rings (SSSR count). The number of halogens is 1. The lowest BCUT2D eigenvalue weighted by atomic mass is 10.1. The predicted octanol–water partition coefficient (Wildman–Crippen LogP) is 5.35. The number of nitrogens with zero attached hydrogens (tertiary/aromatic N) is 1. The zero-order valence-electron chi connectivity index (χ0n) is 22.5. The Labute approximate surface area is 236 Å². The van der Waals surface area contributed by atoms with Crippen molar-refractivity contribution in [1.82, 2.24) is 5.32 Å². The van der Waals surface area contributed by atoms with Gasteiger partial charge < -0.3 is 14.8 Å². The maximum atomic E-state index is 13.3. The van der Waals surface area contributed by atoms with Gasteiger partial charge in [0.15, 0.2) is 18.1 Å². The number of hydrogen-bond acceptors (Lipinski definition) is 6. The number of imide groups is 2. The van der Waals surface area contributed by atoms with Crippen LogP contribution in [0.25, 0.3) is 6.08 Å². The van der Waals surface area contributed by atoms with Gasteiger partial charge in [-0.25, -0.2) is 9.69 Å². The van der Waals surface area contributed by atoms with Gasteiger partial charge in [-0.15, -0.1) is 0 Å². The van der Waals surface area contributed by atoms with E-state index in [1.54, 1.807) is 44.2 Å². The average Bonchev–Trinajstić information content (AvgIpc) is 2.90. The summed E-state index contributed by atoms with van der Waals surface area (Å²) >= 11 is 6.08. The Morgan fingerprint density at radius 3 is 2.45 bits per heavy atom. The van der Waals surface area contributed by atoms with Gasteiger partial charge >= 0.3 is 6.03 Å². The van der Waals surface area contributed by atoms with Crippen LogP contribution in [-0.4, -0.2) is 37.0 Å². The molecule has 9 nitrogen and oxygen atoms in total. The Bertz CT molecular complexity index is 1550. The number of carbonyl (C=O) groups is 4. The summed E-state index contributed by atoms with van der Waals surface area (Å²) in [5.74, 6) is -1.33. The van der Waals surface area contributed by atoms with Crippen LogP contribution in [0.3, 0.4) is 0 Å². The fourth-order valence-electron chi connectivity index (χ4n) is 4.15. The van der Waals surface area contributed by atoms with E-state index in [0.29, 0.717) is 39.9 Å². The van der Waals surface area contributed by atoms with Crippen LogP contribution in [-0.2, 0) is 14.4 Å². The van der Waals surface area contributed by atoms with Gasteiger partial charge in [0.2, 0.25) is 0 Å². The Balaban J connectivity index is 1.55. The summed E-state index contributed by atoms with van der Waals surface area (Å²) in [7, 11) is 0. The molecule has 40 heavy (non-hydrogen) atoms. The van der Waals surface area contributed by atoms with Gasteiger partial charge in [0.25, 0.3) is 17.7 Å². The Morgan fingerprint density at radius 2 is 1.73 bits per heavy atom. The molecule has 0 spiro atoms. The third kappa shape index (κ3) is 6.32. The highest BCUT2D eigenvalue weighted by molar-refractivity contribution is 6.39. The van der Waals surface area contributed by atoms with Gasteiger partial charge in [-0.3, -0.25) is 19.7 Å². The van der Waals surface area contributed by atoms with Crippen LogP contribution in [0, 0.1) is 20.8 Å². The molecule has 1 fully saturated rings. The molecule has 1 saturated heterocycles. The quantitative estimate of drug-likeness (QED) is 0.283. The third-order valence-electron chi connectivity index (χ3n) is 6.11. The van der Waals surface area contributed by atoms with E-state index in [1.807, 2.05) is 32.0 Å². The number of carbonyl (C=O) groups excluding carboxylic acids is 4. The molecule has 0 saturated carbocycles. The lowest BCUT2D eigenvalue weighted by Gasteiger charge is -2.27. The first-order chi connectivity index (χ1) is 19.1. The maximum absolute atomic E-state index is 13.3. The van der Waals surface area contributed by atoms with Crippen molar-refractivity contribution in [2.75, 3.05) is 23.4 Å². The van der Waals surface area contributed by atoms with Crippen LogP contribution < -0.4 is 25.0 Å². The molecular formula is C30H28ClN3O6. The predicted molar refractivity (Wildman–Crippen MR) is 153 cm³/mol. The molecule has 206 valence electrons. The molecule has 1 aliphatic heterocycles. The number of barbiturate groups is 1. The fourth-order valence-corrected chi connectivity index (χ4v) is 4.32. The van der Waals surface area contributed by atoms with Crippen LogP contribution in [0.2, 0.25) is 5.02 Å². The van der Waals surface area contributed by atoms with E-state index in [2.05, 4.69) is 10.6 Å². The molecule has 5 amide bonds. The highest BCUT2D eigenvalue weighted by atomic mass is 35.5. The van der Waals surface area contributed by atoms with Gasteiger partial charge in [-0.2, -0.15) is 0 Å². The summed E-state index contributed by atoms with van der Waals surface area (Å²) in [5, 5.41) is 5.36. The number of hydrogen-bond donors (Lipinski definition) is 2. The molecule has 0 aliphatic carbocycles. The van der Waals surface area contributed by atoms with Crippen molar-refractivity contribution in [2.24, 2.45) is 0 Å². The van der Waals surface area contributed by atoms with Crippen molar-refractivity contribution >= 4 is 52.8 Å². The molecule has 3 aromatic carbocycles. The normalized spacial score (nSPS) is 14.3. The van der Waals surface area contributed by atoms with E-state index in [-0.39, 0.29) is 23.8 Å². The van der Waals surface area contributed by atoms with E-state index >= 15 is 0 Å². The van der Waals surface area contributed by atoms with Crippen molar-refractivity contribution in [3.05, 3.63) is 87.4 Å². The first-order valence-corrected chi connectivity index (χ1v) is 12.9. The summed E-state index contributed by atoms with van der Waals surface area (Å²) in [5.41, 5.74) is 3.83. The van der Waals surface area contributed by atoms with Gasteiger partial charge in [0.05, 0.1) is 12.3 Å². The zero-order valence-corrected chi connectivity index (χ0v) is 23.2. The number of nitrogens with one attached hydrogen (secondary N) is 2. The minimum Gasteiger partial charge on any atom is -0.490 e. The van der Waals surface area contributed by atoms with Crippen molar-refractivity contribution in [2.45, 2.75) is 27.7 Å². The van der Waals surface area contributed by atoms with Crippen LogP contribution in [0.5, 0.6) is 11.5 Å². The molecule has 0 aromatic heterocycles. The second-order valence-corrected chi connectivity index (χ2v) is 9.62. The maximum Gasteiger partial charge on any atom is 0.335 e. The smallest absolute Gasteiger partial charge is 0.335 e. The summed E-state index contributed by atoms with van der Waals surface area (Å²) in [6.45, 7) is 7.44. The number of urea groups is 1. The van der Waals surface area contributed by atoms with Gasteiger partial charge in [0, 0.05) is 10.7 Å². The molecule has 0 atom stereocenters. The molecule has 3 aromatic rings. The van der Waals surface area contributed by atoms with Crippen LogP contribution in [0.4, 0.5) is 16.2 Å². The molecule has 0 radical (unpaired) electrons. The van der Waals surface area contributed by atoms with Crippen LogP contribution in [0.1, 0.15) is 29.2 Å². The minimum atomic E-state index is -0.865. The molecular weight excluding hydrogens is 534 g/mol. The largest absolute Gasteiger partial charge is 0.490 e. The van der Waals surface area contributed by atoms with Gasteiger partial charge in [-0.1, -0.05) is 41.4 Å². The fraction of sp³-hybridized carbons (Fsp3) is 0.200. The first kappa shape index (κ1) is 28.4. The number of benzene rings is 3. The summed E-state index contributed by atoms with van der Waals surface area (Å²) in [6, 6.07) is 14.4. The Kier molecular flexibility index (Phi) is 8.55. The van der Waals surface area contributed by atoms with Crippen molar-refractivity contribution in [3.8, 4) is 11.5 Å². The molecule has 1 aliphatic rings. The molecule has 0 bridgehead atoms.